The summed E-state index contributed by atoms with van der Waals surface area (Å²) < 4.78 is 23.6. The minimum atomic E-state index is -0.717. The number of carbonyl (C=O) groups is 2. The van der Waals surface area contributed by atoms with Gasteiger partial charge in [-0.25, -0.2) is 9.18 Å². The molecule has 0 bridgehead atoms. The average Bonchev–Trinajstić information content (AvgIpc) is 2.67. The Morgan fingerprint density at radius 1 is 1.19 bits per heavy atom. The Labute approximate surface area is 155 Å². The van der Waals surface area contributed by atoms with Gasteiger partial charge in [-0.15, -0.1) is 0 Å². The molecule has 6 nitrogen and oxygen atoms in total. The lowest BCUT2D eigenvalue weighted by Gasteiger charge is -2.07. The highest BCUT2D eigenvalue weighted by Gasteiger charge is 2.12. The molecule has 0 atom stereocenters. The van der Waals surface area contributed by atoms with Crippen molar-refractivity contribution in [2.24, 2.45) is 0 Å². The minimum Gasteiger partial charge on any atom is -0.482 e. The van der Waals surface area contributed by atoms with Crippen LogP contribution >= 0.6 is 0 Å². The Morgan fingerprint density at radius 2 is 1.89 bits per heavy atom. The average molecular weight is 368 g/mol. The molecule has 0 saturated carbocycles. The lowest BCUT2D eigenvalue weighted by molar-refractivity contribution is -0.145. The fourth-order valence-electron chi connectivity index (χ4n) is 2.07. The highest BCUT2D eigenvalue weighted by Crippen LogP contribution is 2.17. The van der Waals surface area contributed by atoms with Crippen molar-refractivity contribution in [3.05, 3.63) is 65.5 Å². The van der Waals surface area contributed by atoms with Crippen LogP contribution in [0.1, 0.15) is 12.5 Å². The van der Waals surface area contributed by atoms with E-state index in [1.54, 1.807) is 43.3 Å². The van der Waals surface area contributed by atoms with Crippen LogP contribution in [0.15, 0.2) is 54.1 Å². The van der Waals surface area contributed by atoms with Crippen molar-refractivity contribution in [3.8, 4) is 11.8 Å². The van der Waals surface area contributed by atoms with Gasteiger partial charge in [-0.05, 0) is 42.8 Å². The van der Waals surface area contributed by atoms with Crippen LogP contribution in [0.25, 0.3) is 6.08 Å². The number of nitrogens with zero attached hydrogens (tertiary/aromatic N) is 1. The van der Waals surface area contributed by atoms with Crippen LogP contribution in [0, 0.1) is 17.1 Å². The smallest absolute Gasteiger partial charge is 0.344 e. The number of benzene rings is 2. The third-order valence-corrected chi connectivity index (χ3v) is 3.34. The summed E-state index contributed by atoms with van der Waals surface area (Å²) in [6, 6.07) is 13.9. The molecular formula is C20H17FN2O4. The normalized spacial score (nSPS) is 10.6. The summed E-state index contributed by atoms with van der Waals surface area (Å²) in [4.78, 5) is 23.4. The third-order valence-electron chi connectivity index (χ3n) is 3.34. The molecule has 0 heterocycles. The summed E-state index contributed by atoms with van der Waals surface area (Å²) in [7, 11) is 0. The molecule has 0 aliphatic rings. The first-order valence-corrected chi connectivity index (χ1v) is 8.09. The Balaban J connectivity index is 2.04. The van der Waals surface area contributed by atoms with E-state index in [0.29, 0.717) is 11.3 Å². The molecule has 2 aromatic carbocycles. The van der Waals surface area contributed by atoms with Gasteiger partial charge in [0.1, 0.15) is 23.2 Å². The Kier molecular flexibility index (Phi) is 7.08. The van der Waals surface area contributed by atoms with E-state index in [4.69, 9.17) is 9.47 Å². The summed E-state index contributed by atoms with van der Waals surface area (Å²) in [6.45, 7) is 1.77. The molecule has 2 aromatic rings. The molecule has 0 aliphatic heterocycles. The molecule has 0 aliphatic carbocycles. The molecule has 27 heavy (non-hydrogen) atoms. The standard InChI is InChI=1S/C20H17FN2O4/c1-2-26-19(24)13-27-16-9-7-14(8-10-16)11-15(12-22)20(25)23-18-6-4-3-5-17(18)21/h3-11H,2,13H2,1H3,(H,23,25)/b15-11+. The van der Waals surface area contributed by atoms with Gasteiger partial charge in [-0.1, -0.05) is 24.3 Å². The number of nitrogens with one attached hydrogen (secondary N) is 1. The summed E-state index contributed by atoms with van der Waals surface area (Å²) in [6.07, 6.45) is 1.37. The van der Waals surface area contributed by atoms with Gasteiger partial charge in [0.05, 0.1) is 12.3 Å². The van der Waals surface area contributed by atoms with E-state index in [-0.39, 0.29) is 24.5 Å². The van der Waals surface area contributed by atoms with Crippen molar-refractivity contribution in [2.75, 3.05) is 18.5 Å². The zero-order chi connectivity index (χ0) is 19.6. The van der Waals surface area contributed by atoms with Crippen molar-refractivity contribution in [1.82, 2.24) is 0 Å². The van der Waals surface area contributed by atoms with Gasteiger partial charge in [0.15, 0.2) is 6.61 Å². The lowest BCUT2D eigenvalue weighted by Crippen LogP contribution is -2.14. The van der Waals surface area contributed by atoms with Crippen molar-refractivity contribution < 1.29 is 23.5 Å². The number of halogens is 1. The summed E-state index contributed by atoms with van der Waals surface area (Å²) in [5, 5.41) is 11.6. The Morgan fingerprint density at radius 3 is 2.52 bits per heavy atom. The van der Waals surface area contributed by atoms with Crippen LogP contribution < -0.4 is 10.1 Å². The van der Waals surface area contributed by atoms with Gasteiger partial charge in [0, 0.05) is 0 Å². The van der Waals surface area contributed by atoms with Crippen LogP contribution in [0.4, 0.5) is 10.1 Å². The monoisotopic (exact) mass is 368 g/mol. The van der Waals surface area contributed by atoms with Gasteiger partial charge >= 0.3 is 5.97 Å². The van der Waals surface area contributed by atoms with E-state index < -0.39 is 17.7 Å². The maximum absolute atomic E-state index is 13.6. The van der Waals surface area contributed by atoms with Crippen LogP contribution in [0.5, 0.6) is 5.75 Å². The van der Waals surface area contributed by atoms with Crippen molar-refractivity contribution in [2.45, 2.75) is 6.92 Å². The van der Waals surface area contributed by atoms with E-state index in [1.165, 1.54) is 24.3 Å². The topological polar surface area (TPSA) is 88.4 Å². The largest absolute Gasteiger partial charge is 0.482 e. The third kappa shape index (κ3) is 5.97. The molecule has 0 saturated heterocycles. The quantitative estimate of drug-likeness (QED) is 0.460. The minimum absolute atomic E-state index is 0.00800. The van der Waals surface area contributed by atoms with Crippen molar-refractivity contribution in [3.63, 3.8) is 0 Å². The molecule has 1 amide bonds. The van der Waals surface area contributed by atoms with E-state index in [1.807, 2.05) is 0 Å². The van der Waals surface area contributed by atoms with E-state index in [2.05, 4.69) is 5.32 Å². The first-order chi connectivity index (χ1) is 13.0. The molecule has 0 aromatic heterocycles. The van der Waals surface area contributed by atoms with Gasteiger partial charge in [-0.3, -0.25) is 4.79 Å². The number of esters is 1. The molecular weight excluding hydrogens is 351 g/mol. The van der Waals surface area contributed by atoms with E-state index in [0.717, 1.165) is 0 Å². The molecule has 1 N–H and O–H groups in total. The maximum atomic E-state index is 13.6. The highest BCUT2D eigenvalue weighted by atomic mass is 19.1. The number of rotatable bonds is 7. The highest BCUT2D eigenvalue weighted by molar-refractivity contribution is 6.09. The predicted molar refractivity (Wildman–Crippen MR) is 97.2 cm³/mol. The van der Waals surface area contributed by atoms with Gasteiger partial charge in [-0.2, -0.15) is 5.26 Å². The fraction of sp³-hybridized carbons (Fsp3) is 0.150. The number of anilines is 1. The van der Waals surface area contributed by atoms with Crippen molar-refractivity contribution >= 4 is 23.6 Å². The number of ether oxygens (including phenoxy) is 2. The first-order valence-electron chi connectivity index (χ1n) is 8.09. The van der Waals surface area contributed by atoms with E-state index in [9.17, 15) is 19.2 Å². The Hall–Kier alpha value is -3.66. The van der Waals surface area contributed by atoms with E-state index >= 15 is 0 Å². The van der Waals surface area contributed by atoms with Gasteiger partial charge in [0.2, 0.25) is 0 Å². The molecule has 7 heteroatoms. The number of hydrogen-bond donors (Lipinski definition) is 1. The molecule has 0 radical (unpaired) electrons. The SMILES string of the molecule is CCOC(=O)COc1ccc(/C=C(\C#N)C(=O)Nc2ccccc2F)cc1. The number of nitriles is 1. The molecule has 0 unspecified atom stereocenters. The zero-order valence-electron chi connectivity index (χ0n) is 14.6. The van der Waals surface area contributed by atoms with Crippen LogP contribution in [-0.4, -0.2) is 25.1 Å². The van der Waals surface area contributed by atoms with Crippen LogP contribution in [-0.2, 0) is 14.3 Å². The van der Waals surface area contributed by atoms with Crippen LogP contribution in [0.3, 0.4) is 0 Å². The second-order valence-electron chi connectivity index (χ2n) is 5.27. The first kappa shape index (κ1) is 19.7. The Bertz CT molecular complexity index is 886. The van der Waals surface area contributed by atoms with Crippen LogP contribution in [0.2, 0.25) is 0 Å². The number of hydrogen-bond acceptors (Lipinski definition) is 5. The second kappa shape index (κ2) is 9.73. The van der Waals surface area contributed by atoms with Crippen molar-refractivity contribution in [1.29, 1.82) is 5.26 Å². The lowest BCUT2D eigenvalue weighted by atomic mass is 10.1. The maximum Gasteiger partial charge on any atom is 0.344 e. The predicted octanol–water partition coefficient (Wildman–Crippen LogP) is 3.31. The molecule has 2 rings (SSSR count). The summed E-state index contributed by atoms with van der Waals surface area (Å²) in [5.74, 6) is -1.34. The second-order valence-corrected chi connectivity index (χ2v) is 5.27. The van der Waals surface area contributed by atoms with Gasteiger partial charge in [0.25, 0.3) is 5.91 Å². The number of para-hydroxylation sites is 1. The molecule has 0 fully saturated rings. The summed E-state index contributed by atoms with van der Waals surface area (Å²) >= 11 is 0. The van der Waals surface area contributed by atoms with Gasteiger partial charge < -0.3 is 14.8 Å². The number of amides is 1. The summed E-state index contributed by atoms with van der Waals surface area (Å²) in [5.41, 5.74) is 0.378. The molecule has 0 spiro atoms. The fourth-order valence-corrected chi connectivity index (χ4v) is 2.07. The number of carbonyl (C=O) groups excluding carboxylic acids is 2. The zero-order valence-corrected chi connectivity index (χ0v) is 14.6. The molecule has 138 valence electrons.